The molecule has 1 saturated heterocycles. The summed E-state index contributed by atoms with van der Waals surface area (Å²) in [5.41, 5.74) is 1.05. The minimum Gasteiger partial charge on any atom is -0.340 e. The molecule has 154 valence electrons. The van der Waals surface area contributed by atoms with E-state index in [1.54, 1.807) is 16.9 Å². The first kappa shape index (κ1) is 19.8. The van der Waals surface area contributed by atoms with Crippen LogP contribution < -0.4 is 10.5 Å². The van der Waals surface area contributed by atoms with E-state index in [1.807, 2.05) is 20.8 Å². The number of hydrogen-bond donors (Lipinski definition) is 1. The summed E-state index contributed by atoms with van der Waals surface area (Å²) < 4.78 is 15.0. The Bertz CT molecular complexity index is 1090. The molecule has 0 atom stereocenters. The van der Waals surface area contributed by atoms with Crippen molar-refractivity contribution < 1.29 is 4.39 Å². The second kappa shape index (κ2) is 7.42. The SMILES string of the molecule is CC(C)(C)n1ncc2c(=O)[nH]c(N3CCN(Cc4ccc(F)cc4Cl)CC3)nc21. The van der Waals surface area contributed by atoms with Crippen LogP contribution in [0.2, 0.25) is 5.02 Å². The zero-order chi connectivity index (χ0) is 20.8. The van der Waals surface area contributed by atoms with Gasteiger partial charge in [-0.1, -0.05) is 17.7 Å². The van der Waals surface area contributed by atoms with Crippen molar-refractivity contribution in [1.82, 2.24) is 24.6 Å². The first-order valence-electron chi connectivity index (χ1n) is 9.62. The number of piperazine rings is 1. The van der Waals surface area contributed by atoms with Gasteiger partial charge in [-0.25, -0.2) is 9.07 Å². The van der Waals surface area contributed by atoms with Gasteiger partial charge in [0.1, 0.15) is 11.2 Å². The molecule has 1 aliphatic heterocycles. The first-order valence-corrected chi connectivity index (χ1v) is 10.00. The first-order chi connectivity index (χ1) is 13.7. The molecule has 0 bridgehead atoms. The van der Waals surface area contributed by atoms with E-state index in [-0.39, 0.29) is 16.9 Å². The quantitative estimate of drug-likeness (QED) is 0.708. The highest BCUT2D eigenvalue weighted by Crippen LogP contribution is 2.22. The normalized spacial score (nSPS) is 16.0. The zero-order valence-corrected chi connectivity index (χ0v) is 17.5. The minimum atomic E-state index is -0.330. The predicted molar refractivity (Wildman–Crippen MR) is 112 cm³/mol. The molecule has 7 nitrogen and oxygen atoms in total. The summed E-state index contributed by atoms with van der Waals surface area (Å²) in [7, 11) is 0. The van der Waals surface area contributed by atoms with Crippen LogP contribution in [0.5, 0.6) is 0 Å². The monoisotopic (exact) mass is 418 g/mol. The molecule has 0 unspecified atom stereocenters. The Morgan fingerprint density at radius 2 is 1.93 bits per heavy atom. The molecule has 1 aromatic carbocycles. The van der Waals surface area contributed by atoms with Gasteiger partial charge >= 0.3 is 0 Å². The lowest BCUT2D eigenvalue weighted by molar-refractivity contribution is 0.248. The van der Waals surface area contributed by atoms with Gasteiger partial charge < -0.3 is 4.90 Å². The van der Waals surface area contributed by atoms with Crippen LogP contribution in [0, 0.1) is 5.82 Å². The van der Waals surface area contributed by atoms with Gasteiger partial charge in [-0.15, -0.1) is 0 Å². The average Bonchev–Trinajstić information content (AvgIpc) is 3.10. The van der Waals surface area contributed by atoms with Crippen LogP contribution >= 0.6 is 11.6 Å². The number of nitrogens with one attached hydrogen (secondary N) is 1. The van der Waals surface area contributed by atoms with Crippen molar-refractivity contribution in [2.75, 3.05) is 31.1 Å². The lowest BCUT2D eigenvalue weighted by Crippen LogP contribution is -2.47. The van der Waals surface area contributed by atoms with Crippen molar-refractivity contribution in [2.24, 2.45) is 0 Å². The van der Waals surface area contributed by atoms with Crippen LogP contribution in [0.25, 0.3) is 11.0 Å². The van der Waals surface area contributed by atoms with Crippen molar-refractivity contribution >= 4 is 28.6 Å². The Morgan fingerprint density at radius 1 is 1.21 bits per heavy atom. The standard InChI is InChI=1S/C20H24ClFN6O/c1-20(2,3)28-17-15(11-23-28)18(29)25-19(24-17)27-8-6-26(7-9-27)12-13-4-5-14(22)10-16(13)21/h4-5,10-11H,6-9,12H2,1-3H3,(H,24,25,29). The number of aromatic nitrogens is 4. The summed E-state index contributed by atoms with van der Waals surface area (Å²) in [4.78, 5) is 24.4. The Labute approximate surface area is 173 Å². The molecule has 3 heterocycles. The second-order valence-electron chi connectivity index (χ2n) is 8.35. The molecular formula is C20H24ClFN6O. The van der Waals surface area contributed by atoms with Gasteiger partial charge in [0.05, 0.1) is 11.7 Å². The van der Waals surface area contributed by atoms with Crippen LogP contribution in [-0.4, -0.2) is 50.8 Å². The summed E-state index contributed by atoms with van der Waals surface area (Å²) in [5.74, 6) is 0.233. The number of fused-ring (bicyclic) bond motifs is 1. The molecule has 0 aliphatic carbocycles. The van der Waals surface area contributed by atoms with E-state index in [2.05, 4.69) is 19.9 Å². The molecule has 9 heteroatoms. The highest BCUT2D eigenvalue weighted by molar-refractivity contribution is 6.31. The molecule has 3 aromatic rings. The van der Waals surface area contributed by atoms with Crippen LogP contribution in [0.1, 0.15) is 26.3 Å². The Kier molecular flexibility index (Phi) is 5.08. The lowest BCUT2D eigenvalue weighted by atomic mass is 10.1. The van der Waals surface area contributed by atoms with Crippen LogP contribution in [0.15, 0.2) is 29.2 Å². The van der Waals surface area contributed by atoms with Gasteiger partial charge in [-0.05, 0) is 38.5 Å². The van der Waals surface area contributed by atoms with Crippen molar-refractivity contribution in [3.63, 3.8) is 0 Å². The third-order valence-corrected chi connectivity index (χ3v) is 5.49. The molecule has 0 saturated carbocycles. The van der Waals surface area contributed by atoms with E-state index in [9.17, 15) is 9.18 Å². The third-order valence-electron chi connectivity index (χ3n) is 5.14. The topological polar surface area (TPSA) is 70.1 Å². The van der Waals surface area contributed by atoms with E-state index in [0.717, 1.165) is 31.7 Å². The summed E-state index contributed by atoms with van der Waals surface area (Å²) in [6.45, 7) is 9.76. The molecule has 29 heavy (non-hydrogen) atoms. The maximum atomic E-state index is 13.2. The average molecular weight is 419 g/mol. The molecule has 1 N–H and O–H groups in total. The predicted octanol–water partition coefficient (Wildman–Crippen LogP) is 2.99. The van der Waals surface area contributed by atoms with Crippen molar-refractivity contribution in [2.45, 2.75) is 32.9 Å². The summed E-state index contributed by atoms with van der Waals surface area (Å²) in [6, 6.07) is 4.50. The molecule has 0 amide bonds. The Balaban J connectivity index is 1.51. The summed E-state index contributed by atoms with van der Waals surface area (Å²) in [5, 5.41) is 5.29. The summed E-state index contributed by atoms with van der Waals surface area (Å²) >= 11 is 6.15. The highest BCUT2D eigenvalue weighted by Gasteiger charge is 2.23. The number of H-pyrrole nitrogens is 1. The maximum absolute atomic E-state index is 13.2. The van der Waals surface area contributed by atoms with Crippen molar-refractivity contribution in [1.29, 1.82) is 0 Å². The van der Waals surface area contributed by atoms with E-state index in [0.29, 0.717) is 28.5 Å². The summed E-state index contributed by atoms with van der Waals surface area (Å²) in [6.07, 6.45) is 1.57. The number of anilines is 1. The maximum Gasteiger partial charge on any atom is 0.263 e. The van der Waals surface area contributed by atoms with Gasteiger partial charge in [-0.3, -0.25) is 14.7 Å². The number of benzene rings is 1. The smallest absolute Gasteiger partial charge is 0.263 e. The minimum absolute atomic E-state index is 0.180. The number of halogens is 2. The largest absolute Gasteiger partial charge is 0.340 e. The van der Waals surface area contributed by atoms with E-state index < -0.39 is 0 Å². The van der Waals surface area contributed by atoms with Gasteiger partial charge in [0.25, 0.3) is 5.56 Å². The Hall–Kier alpha value is -2.45. The molecule has 4 rings (SSSR count). The molecular weight excluding hydrogens is 395 g/mol. The van der Waals surface area contributed by atoms with E-state index >= 15 is 0 Å². The van der Waals surface area contributed by atoms with Gasteiger partial charge in [0, 0.05) is 37.7 Å². The van der Waals surface area contributed by atoms with E-state index in [4.69, 9.17) is 16.6 Å². The molecule has 1 aliphatic rings. The van der Waals surface area contributed by atoms with Crippen LogP contribution in [-0.2, 0) is 12.1 Å². The highest BCUT2D eigenvalue weighted by atomic mass is 35.5. The van der Waals surface area contributed by atoms with Crippen molar-refractivity contribution in [3.05, 3.63) is 51.2 Å². The van der Waals surface area contributed by atoms with E-state index in [1.165, 1.54) is 12.1 Å². The molecule has 1 fully saturated rings. The lowest BCUT2D eigenvalue weighted by Gasteiger charge is -2.35. The number of rotatable bonds is 3. The zero-order valence-electron chi connectivity index (χ0n) is 16.7. The van der Waals surface area contributed by atoms with Gasteiger partial charge in [0.15, 0.2) is 5.65 Å². The Morgan fingerprint density at radius 3 is 2.59 bits per heavy atom. The fourth-order valence-corrected chi connectivity index (χ4v) is 3.78. The van der Waals surface area contributed by atoms with Gasteiger partial charge in [0.2, 0.25) is 5.95 Å². The number of nitrogens with zero attached hydrogens (tertiary/aromatic N) is 5. The fraction of sp³-hybridized carbons (Fsp3) is 0.450. The van der Waals surface area contributed by atoms with Gasteiger partial charge in [-0.2, -0.15) is 10.1 Å². The molecule has 0 radical (unpaired) electrons. The van der Waals surface area contributed by atoms with Crippen LogP contribution in [0.3, 0.4) is 0 Å². The fourth-order valence-electron chi connectivity index (χ4n) is 3.56. The number of hydrogen-bond acceptors (Lipinski definition) is 5. The number of aromatic amines is 1. The van der Waals surface area contributed by atoms with Crippen LogP contribution in [0.4, 0.5) is 10.3 Å². The third kappa shape index (κ3) is 4.00. The molecule has 0 spiro atoms. The molecule has 2 aromatic heterocycles. The second-order valence-corrected chi connectivity index (χ2v) is 8.76. The van der Waals surface area contributed by atoms with Crippen molar-refractivity contribution in [3.8, 4) is 0 Å².